The summed E-state index contributed by atoms with van der Waals surface area (Å²) in [6.07, 6.45) is 1.14. The van der Waals surface area contributed by atoms with Gasteiger partial charge in [0.05, 0.1) is 0 Å². The summed E-state index contributed by atoms with van der Waals surface area (Å²) in [6, 6.07) is 12.1. The summed E-state index contributed by atoms with van der Waals surface area (Å²) in [5.74, 6) is 0.732. The van der Waals surface area contributed by atoms with Crippen LogP contribution in [0.25, 0.3) is 0 Å². The molecule has 2 atom stereocenters. The molecule has 18 heavy (non-hydrogen) atoms. The highest BCUT2D eigenvalue weighted by atomic mass is 15.2. The number of benzene rings is 1. The Labute approximate surface area is 111 Å². The number of rotatable bonds is 4. The zero-order chi connectivity index (χ0) is 13.0. The summed E-state index contributed by atoms with van der Waals surface area (Å²) in [6.45, 7) is 10.4. The molecule has 0 radical (unpaired) electrons. The Balaban J connectivity index is 1.93. The van der Waals surface area contributed by atoms with Gasteiger partial charge >= 0.3 is 0 Å². The van der Waals surface area contributed by atoms with Gasteiger partial charge in [-0.15, -0.1) is 0 Å². The monoisotopic (exact) mass is 246 g/mol. The van der Waals surface area contributed by atoms with Crippen LogP contribution >= 0.6 is 0 Å². The highest BCUT2D eigenvalue weighted by Crippen LogP contribution is 2.16. The first-order valence-electron chi connectivity index (χ1n) is 7.22. The van der Waals surface area contributed by atoms with Crippen LogP contribution in [0, 0.1) is 5.92 Å². The number of likely N-dealkylation sites (N-methyl/N-ethyl adjacent to an activating group) is 1. The topological polar surface area (TPSA) is 15.3 Å². The fraction of sp³-hybridized carbons (Fsp3) is 0.625. The maximum atomic E-state index is 3.72. The van der Waals surface area contributed by atoms with Crippen LogP contribution in [0.4, 0.5) is 0 Å². The molecule has 0 spiro atoms. The minimum absolute atomic E-state index is 0.599. The van der Waals surface area contributed by atoms with Crippen molar-refractivity contribution < 1.29 is 0 Å². The molecule has 1 aromatic rings. The fourth-order valence-electron chi connectivity index (χ4n) is 2.96. The highest BCUT2D eigenvalue weighted by molar-refractivity contribution is 5.16. The number of hydrogen-bond acceptors (Lipinski definition) is 2. The van der Waals surface area contributed by atoms with E-state index >= 15 is 0 Å². The summed E-state index contributed by atoms with van der Waals surface area (Å²) in [7, 11) is 0. The normalized spacial score (nSPS) is 25.6. The van der Waals surface area contributed by atoms with Crippen LogP contribution in [-0.2, 0) is 6.42 Å². The Morgan fingerprint density at radius 1 is 1.28 bits per heavy atom. The second kappa shape index (κ2) is 6.35. The van der Waals surface area contributed by atoms with E-state index in [4.69, 9.17) is 0 Å². The van der Waals surface area contributed by atoms with E-state index in [2.05, 4.69) is 61.3 Å². The third-order valence-corrected chi connectivity index (χ3v) is 4.04. The van der Waals surface area contributed by atoms with Crippen molar-refractivity contribution in [1.29, 1.82) is 0 Å². The van der Waals surface area contributed by atoms with Crippen molar-refractivity contribution in [2.45, 2.75) is 39.3 Å². The lowest BCUT2D eigenvalue weighted by atomic mass is 9.96. The first kappa shape index (κ1) is 13.6. The van der Waals surface area contributed by atoms with Crippen LogP contribution in [0.3, 0.4) is 0 Å². The first-order chi connectivity index (χ1) is 8.70. The van der Waals surface area contributed by atoms with Gasteiger partial charge in [0.2, 0.25) is 0 Å². The van der Waals surface area contributed by atoms with Gasteiger partial charge < -0.3 is 5.32 Å². The van der Waals surface area contributed by atoms with Gasteiger partial charge in [0.1, 0.15) is 0 Å². The molecule has 2 nitrogen and oxygen atoms in total. The molecular formula is C16H26N2. The minimum Gasteiger partial charge on any atom is -0.311 e. The van der Waals surface area contributed by atoms with E-state index in [9.17, 15) is 0 Å². The summed E-state index contributed by atoms with van der Waals surface area (Å²) in [5, 5.41) is 3.72. The van der Waals surface area contributed by atoms with Gasteiger partial charge in [-0.3, -0.25) is 4.90 Å². The van der Waals surface area contributed by atoms with Crippen molar-refractivity contribution in [2.24, 2.45) is 5.92 Å². The van der Waals surface area contributed by atoms with Gasteiger partial charge in [0, 0.05) is 25.2 Å². The Bertz CT molecular complexity index is 347. The van der Waals surface area contributed by atoms with Gasteiger partial charge in [-0.1, -0.05) is 51.1 Å². The summed E-state index contributed by atoms with van der Waals surface area (Å²) in [5.41, 5.74) is 1.44. The Hall–Kier alpha value is -0.860. The quantitative estimate of drug-likeness (QED) is 0.878. The Morgan fingerprint density at radius 2 is 2.00 bits per heavy atom. The molecule has 1 saturated heterocycles. The lowest BCUT2D eigenvalue weighted by Crippen LogP contribution is -2.58. The molecule has 1 aliphatic rings. The van der Waals surface area contributed by atoms with E-state index in [0.29, 0.717) is 12.1 Å². The van der Waals surface area contributed by atoms with Gasteiger partial charge in [-0.05, 0) is 24.4 Å². The molecule has 1 N–H and O–H groups in total. The number of nitrogens with one attached hydrogen (secondary N) is 1. The molecule has 0 amide bonds. The Morgan fingerprint density at radius 3 is 2.61 bits per heavy atom. The Kier molecular flexibility index (Phi) is 4.79. The predicted octanol–water partition coefficient (Wildman–Crippen LogP) is 2.55. The van der Waals surface area contributed by atoms with Crippen LogP contribution in [0.2, 0.25) is 0 Å². The van der Waals surface area contributed by atoms with Crippen molar-refractivity contribution >= 4 is 0 Å². The lowest BCUT2D eigenvalue weighted by Gasteiger charge is -2.42. The standard InChI is InChI=1S/C16H26N2/c1-4-18-12-15(17-11-16(18)13(2)3)10-14-8-6-5-7-9-14/h5-9,13,15-17H,4,10-12H2,1-3H3. The van der Waals surface area contributed by atoms with E-state index in [1.807, 2.05) is 0 Å². The molecule has 1 aromatic carbocycles. The molecule has 1 fully saturated rings. The van der Waals surface area contributed by atoms with Crippen molar-refractivity contribution in [3.05, 3.63) is 35.9 Å². The maximum Gasteiger partial charge on any atom is 0.0244 e. The van der Waals surface area contributed by atoms with Crippen LogP contribution in [0.1, 0.15) is 26.3 Å². The number of piperazine rings is 1. The molecule has 2 rings (SSSR count). The van der Waals surface area contributed by atoms with Crippen LogP contribution < -0.4 is 5.32 Å². The smallest absolute Gasteiger partial charge is 0.0244 e. The zero-order valence-corrected chi connectivity index (χ0v) is 11.9. The van der Waals surface area contributed by atoms with Crippen LogP contribution in [0.15, 0.2) is 30.3 Å². The van der Waals surface area contributed by atoms with E-state index in [1.54, 1.807) is 0 Å². The zero-order valence-electron chi connectivity index (χ0n) is 11.9. The molecule has 0 bridgehead atoms. The van der Waals surface area contributed by atoms with E-state index in [0.717, 1.165) is 25.4 Å². The van der Waals surface area contributed by atoms with Crippen molar-refractivity contribution in [3.63, 3.8) is 0 Å². The second-order valence-corrected chi connectivity index (χ2v) is 5.69. The summed E-state index contributed by atoms with van der Waals surface area (Å²) in [4.78, 5) is 2.63. The molecule has 1 heterocycles. The van der Waals surface area contributed by atoms with Crippen LogP contribution in [0.5, 0.6) is 0 Å². The van der Waals surface area contributed by atoms with Crippen LogP contribution in [-0.4, -0.2) is 36.6 Å². The van der Waals surface area contributed by atoms with Crippen molar-refractivity contribution in [3.8, 4) is 0 Å². The maximum absolute atomic E-state index is 3.72. The second-order valence-electron chi connectivity index (χ2n) is 5.69. The molecule has 2 unspecified atom stereocenters. The number of hydrogen-bond donors (Lipinski definition) is 1. The van der Waals surface area contributed by atoms with E-state index in [-0.39, 0.29) is 0 Å². The summed E-state index contributed by atoms with van der Waals surface area (Å²) < 4.78 is 0. The molecule has 0 saturated carbocycles. The van der Waals surface area contributed by atoms with E-state index < -0.39 is 0 Å². The van der Waals surface area contributed by atoms with Gasteiger partial charge in [-0.25, -0.2) is 0 Å². The van der Waals surface area contributed by atoms with Gasteiger partial charge in [-0.2, -0.15) is 0 Å². The first-order valence-corrected chi connectivity index (χ1v) is 7.22. The minimum atomic E-state index is 0.599. The predicted molar refractivity (Wildman–Crippen MR) is 77.8 cm³/mol. The summed E-state index contributed by atoms with van der Waals surface area (Å²) >= 11 is 0. The molecule has 0 aliphatic carbocycles. The van der Waals surface area contributed by atoms with Gasteiger partial charge in [0.25, 0.3) is 0 Å². The third-order valence-electron chi connectivity index (χ3n) is 4.04. The molecule has 2 heteroatoms. The van der Waals surface area contributed by atoms with Crippen molar-refractivity contribution in [1.82, 2.24) is 10.2 Å². The lowest BCUT2D eigenvalue weighted by molar-refractivity contribution is 0.104. The molecule has 1 aliphatic heterocycles. The average Bonchev–Trinajstić information content (AvgIpc) is 2.39. The SMILES string of the molecule is CCN1CC(Cc2ccccc2)NCC1C(C)C. The van der Waals surface area contributed by atoms with Crippen molar-refractivity contribution in [2.75, 3.05) is 19.6 Å². The largest absolute Gasteiger partial charge is 0.311 e. The third kappa shape index (κ3) is 3.33. The molecule has 100 valence electrons. The molecular weight excluding hydrogens is 220 g/mol. The number of nitrogens with zero attached hydrogens (tertiary/aromatic N) is 1. The van der Waals surface area contributed by atoms with E-state index in [1.165, 1.54) is 12.1 Å². The highest BCUT2D eigenvalue weighted by Gasteiger charge is 2.28. The van der Waals surface area contributed by atoms with Gasteiger partial charge in [0.15, 0.2) is 0 Å². The molecule has 0 aromatic heterocycles. The average molecular weight is 246 g/mol. The fourth-order valence-corrected chi connectivity index (χ4v) is 2.96.